The van der Waals surface area contributed by atoms with Gasteiger partial charge >= 0.3 is 0 Å². The molecule has 0 aromatic heterocycles. The highest BCUT2D eigenvalue weighted by Crippen LogP contribution is 2.48. The number of hydrogen-bond donors (Lipinski definition) is 3. The molecule has 4 aromatic carbocycles. The molecular formula is C30H31NO4. The highest BCUT2D eigenvalue weighted by Gasteiger charge is 2.24. The number of phenolic OH excluding ortho intramolecular Hbond substituents is 3. The van der Waals surface area contributed by atoms with Gasteiger partial charge in [-0.1, -0.05) is 24.3 Å². The molecular weight excluding hydrogens is 438 g/mol. The highest BCUT2D eigenvalue weighted by atomic mass is 16.5. The van der Waals surface area contributed by atoms with Gasteiger partial charge in [0.15, 0.2) is 0 Å². The number of nitrogens with zero attached hydrogens (tertiary/aromatic N) is 1. The zero-order valence-corrected chi connectivity index (χ0v) is 21.0. The maximum atomic E-state index is 11.1. The van der Waals surface area contributed by atoms with Crippen molar-refractivity contribution in [2.75, 3.05) is 4.90 Å². The molecule has 180 valence electrons. The lowest BCUT2D eigenvalue weighted by molar-refractivity contribution is 0.458. The first-order chi connectivity index (χ1) is 16.6. The van der Waals surface area contributed by atoms with Gasteiger partial charge in [0.1, 0.15) is 28.7 Å². The normalized spacial score (nSPS) is 10.9. The second kappa shape index (κ2) is 9.26. The third-order valence-corrected chi connectivity index (χ3v) is 6.32. The predicted molar refractivity (Wildman–Crippen MR) is 141 cm³/mol. The molecule has 4 aromatic rings. The van der Waals surface area contributed by atoms with Crippen molar-refractivity contribution in [1.29, 1.82) is 0 Å². The topological polar surface area (TPSA) is 73.2 Å². The van der Waals surface area contributed by atoms with E-state index < -0.39 is 0 Å². The summed E-state index contributed by atoms with van der Waals surface area (Å²) in [5.41, 5.74) is 6.94. The van der Waals surface area contributed by atoms with E-state index in [4.69, 9.17) is 4.74 Å². The van der Waals surface area contributed by atoms with Gasteiger partial charge in [0, 0.05) is 5.69 Å². The molecule has 4 rings (SSSR count). The lowest BCUT2D eigenvalue weighted by Gasteiger charge is -2.30. The van der Waals surface area contributed by atoms with Crippen molar-refractivity contribution in [2.24, 2.45) is 0 Å². The fourth-order valence-corrected chi connectivity index (χ4v) is 4.37. The Morgan fingerprint density at radius 2 is 0.971 bits per heavy atom. The monoisotopic (exact) mass is 469 g/mol. The van der Waals surface area contributed by atoms with Crippen molar-refractivity contribution in [3.05, 3.63) is 94.0 Å². The van der Waals surface area contributed by atoms with Crippen molar-refractivity contribution >= 4 is 17.1 Å². The van der Waals surface area contributed by atoms with Crippen LogP contribution >= 0.6 is 0 Å². The molecule has 5 nitrogen and oxygen atoms in total. The minimum Gasteiger partial charge on any atom is -0.508 e. The van der Waals surface area contributed by atoms with Gasteiger partial charge < -0.3 is 25.0 Å². The summed E-state index contributed by atoms with van der Waals surface area (Å²) in [5.74, 6) is 1.88. The molecule has 3 N–H and O–H groups in total. The number of aromatic hydroxyl groups is 3. The van der Waals surface area contributed by atoms with Gasteiger partial charge in [0.05, 0.1) is 11.4 Å². The second-order valence-electron chi connectivity index (χ2n) is 9.13. The summed E-state index contributed by atoms with van der Waals surface area (Å²) in [6.07, 6.45) is 0. The number of aryl methyl sites for hydroxylation is 6. The van der Waals surface area contributed by atoms with Crippen LogP contribution in [0.3, 0.4) is 0 Å². The van der Waals surface area contributed by atoms with Crippen LogP contribution in [0.5, 0.6) is 28.7 Å². The van der Waals surface area contributed by atoms with E-state index in [0.717, 1.165) is 39.1 Å². The molecule has 0 atom stereocenters. The molecule has 0 heterocycles. The van der Waals surface area contributed by atoms with Crippen molar-refractivity contribution in [3.8, 4) is 28.7 Å². The number of hydrogen-bond acceptors (Lipinski definition) is 5. The Bertz CT molecular complexity index is 1330. The van der Waals surface area contributed by atoms with Crippen LogP contribution in [0.25, 0.3) is 0 Å². The first-order valence-corrected chi connectivity index (χ1v) is 11.5. The Balaban J connectivity index is 1.85. The maximum absolute atomic E-state index is 11.1. The smallest absolute Gasteiger partial charge is 0.142 e. The SMILES string of the molecule is Cc1ccc(C)c(N(c2ccc(Oc3c(C)cc(O)cc3C)cc2)c2c(C)ccc(C)c2O)c1O. The lowest BCUT2D eigenvalue weighted by atomic mass is 10.0. The van der Waals surface area contributed by atoms with Crippen LogP contribution < -0.4 is 9.64 Å². The summed E-state index contributed by atoms with van der Waals surface area (Å²) in [7, 11) is 0. The summed E-state index contributed by atoms with van der Waals surface area (Å²) in [6.45, 7) is 11.4. The molecule has 0 saturated heterocycles. The third kappa shape index (κ3) is 4.50. The van der Waals surface area contributed by atoms with Crippen molar-refractivity contribution in [2.45, 2.75) is 41.5 Å². The zero-order chi connectivity index (χ0) is 25.4. The average Bonchev–Trinajstić information content (AvgIpc) is 2.81. The molecule has 0 fully saturated rings. The molecule has 5 heteroatoms. The quantitative estimate of drug-likeness (QED) is 0.277. The Labute approximate surface area is 206 Å². The van der Waals surface area contributed by atoms with Crippen LogP contribution in [0, 0.1) is 41.5 Å². The van der Waals surface area contributed by atoms with Crippen LogP contribution in [-0.4, -0.2) is 15.3 Å². The molecule has 0 bridgehead atoms. The Morgan fingerprint density at radius 1 is 0.543 bits per heavy atom. The fraction of sp³-hybridized carbons (Fsp3) is 0.200. The van der Waals surface area contributed by atoms with Gasteiger partial charge in [-0.2, -0.15) is 0 Å². The molecule has 0 radical (unpaired) electrons. The number of ether oxygens (including phenoxy) is 1. The van der Waals surface area contributed by atoms with Crippen LogP contribution in [0.1, 0.15) is 33.4 Å². The average molecular weight is 470 g/mol. The zero-order valence-electron chi connectivity index (χ0n) is 21.0. The molecule has 35 heavy (non-hydrogen) atoms. The summed E-state index contributed by atoms with van der Waals surface area (Å²) in [5, 5.41) is 32.0. The molecule has 0 unspecified atom stereocenters. The highest BCUT2D eigenvalue weighted by molar-refractivity contribution is 5.87. The number of anilines is 3. The number of rotatable bonds is 5. The fourth-order valence-electron chi connectivity index (χ4n) is 4.37. The first kappa shape index (κ1) is 24.0. The predicted octanol–water partition coefficient (Wildman–Crippen LogP) is 7.92. The van der Waals surface area contributed by atoms with Crippen molar-refractivity contribution in [1.82, 2.24) is 0 Å². The van der Waals surface area contributed by atoms with E-state index in [-0.39, 0.29) is 17.2 Å². The standard InChI is InChI=1S/C30H31NO4/c1-17-7-9-19(3)28(33)26(17)31(27-18(2)8-10-20(4)29(27)34)23-11-13-25(14-12-23)35-30-21(5)15-24(32)16-22(30)6/h7-16,32-34H,1-6H3. The Kier molecular flexibility index (Phi) is 6.35. The van der Waals surface area contributed by atoms with Gasteiger partial charge in [-0.3, -0.25) is 0 Å². The van der Waals surface area contributed by atoms with E-state index in [0.29, 0.717) is 22.9 Å². The number of phenols is 3. The minimum atomic E-state index is 0.168. The Morgan fingerprint density at radius 3 is 1.43 bits per heavy atom. The molecule has 0 spiro atoms. The minimum absolute atomic E-state index is 0.168. The van der Waals surface area contributed by atoms with Crippen LogP contribution in [0.2, 0.25) is 0 Å². The summed E-state index contributed by atoms with van der Waals surface area (Å²) in [4.78, 5) is 1.90. The summed E-state index contributed by atoms with van der Waals surface area (Å²) < 4.78 is 6.15. The van der Waals surface area contributed by atoms with Crippen molar-refractivity contribution in [3.63, 3.8) is 0 Å². The van der Waals surface area contributed by atoms with Crippen molar-refractivity contribution < 1.29 is 20.1 Å². The van der Waals surface area contributed by atoms with E-state index in [1.807, 2.05) is 95.0 Å². The van der Waals surface area contributed by atoms with Gasteiger partial charge in [0.2, 0.25) is 0 Å². The molecule has 0 amide bonds. The van der Waals surface area contributed by atoms with Gasteiger partial charge in [-0.25, -0.2) is 0 Å². The second-order valence-corrected chi connectivity index (χ2v) is 9.13. The summed E-state index contributed by atoms with van der Waals surface area (Å²) >= 11 is 0. The molecule has 0 saturated carbocycles. The van der Waals surface area contributed by atoms with Gasteiger partial charge in [-0.15, -0.1) is 0 Å². The molecule has 0 aliphatic heterocycles. The number of benzene rings is 4. The molecule has 0 aliphatic rings. The van der Waals surface area contributed by atoms with Gasteiger partial charge in [-0.05, 0) is 111 Å². The largest absolute Gasteiger partial charge is 0.508 e. The lowest BCUT2D eigenvalue weighted by Crippen LogP contribution is -2.14. The maximum Gasteiger partial charge on any atom is 0.142 e. The van der Waals surface area contributed by atoms with E-state index in [2.05, 4.69) is 0 Å². The van der Waals surface area contributed by atoms with E-state index in [9.17, 15) is 15.3 Å². The van der Waals surface area contributed by atoms with E-state index in [1.165, 1.54) is 0 Å². The van der Waals surface area contributed by atoms with Crippen LogP contribution in [-0.2, 0) is 0 Å². The van der Waals surface area contributed by atoms with Crippen LogP contribution in [0.4, 0.5) is 17.1 Å². The Hall–Kier alpha value is -4.12. The van der Waals surface area contributed by atoms with Gasteiger partial charge in [0.25, 0.3) is 0 Å². The van der Waals surface area contributed by atoms with Crippen LogP contribution in [0.15, 0.2) is 60.7 Å². The first-order valence-electron chi connectivity index (χ1n) is 11.5. The van der Waals surface area contributed by atoms with E-state index >= 15 is 0 Å². The molecule has 0 aliphatic carbocycles. The third-order valence-electron chi connectivity index (χ3n) is 6.32. The van der Waals surface area contributed by atoms with E-state index in [1.54, 1.807) is 12.1 Å². The summed E-state index contributed by atoms with van der Waals surface area (Å²) in [6, 6.07) is 18.6.